The summed E-state index contributed by atoms with van der Waals surface area (Å²) >= 11 is 0. The molecule has 0 aliphatic heterocycles. The first-order valence-corrected chi connectivity index (χ1v) is 6.06. The Labute approximate surface area is 104 Å². The highest BCUT2D eigenvalue weighted by molar-refractivity contribution is 5.92. The van der Waals surface area contributed by atoms with E-state index in [0.29, 0.717) is 12.5 Å². The lowest BCUT2D eigenvalue weighted by Crippen LogP contribution is -2.34. The van der Waals surface area contributed by atoms with Gasteiger partial charge in [-0.05, 0) is 37.6 Å². The van der Waals surface area contributed by atoms with Crippen molar-refractivity contribution in [2.75, 3.05) is 18.9 Å². The van der Waals surface area contributed by atoms with Crippen LogP contribution in [-0.4, -0.2) is 19.5 Å². The number of nitrogens with one attached hydrogen (secondary N) is 2. The third kappa shape index (κ3) is 4.19. The van der Waals surface area contributed by atoms with Gasteiger partial charge in [-0.25, -0.2) is 0 Å². The van der Waals surface area contributed by atoms with Crippen LogP contribution >= 0.6 is 0 Å². The van der Waals surface area contributed by atoms with E-state index in [-0.39, 0.29) is 11.8 Å². The van der Waals surface area contributed by atoms with Gasteiger partial charge in [-0.3, -0.25) is 4.79 Å². The number of rotatable bonds is 5. The van der Waals surface area contributed by atoms with Crippen molar-refractivity contribution >= 4 is 11.6 Å². The van der Waals surface area contributed by atoms with Crippen LogP contribution in [0.15, 0.2) is 24.3 Å². The number of carbonyl (C=O) groups excluding carboxylic acids is 1. The summed E-state index contributed by atoms with van der Waals surface area (Å²) in [5.41, 5.74) is 2.02. The number of benzene rings is 1. The maximum absolute atomic E-state index is 12.1. The molecule has 0 aliphatic carbocycles. The van der Waals surface area contributed by atoms with E-state index in [0.717, 1.165) is 11.3 Å². The SMILES string of the molecule is CNCC(C(=O)Nc1cccc(C)c1)C(C)C. The summed E-state index contributed by atoms with van der Waals surface area (Å²) in [7, 11) is 1.87. The Hall–Kier alpha value is -1.35. The van der Waals surface area contributed by atoms with Gasteiger partial charge in [-0.15, -0.1) is 0 Å². The van der Waals surface area contributed by atoms with Crippen LogP contribution in [0.2, 0.25) is 0 Å². The molecule has 0 aromatic heterocycles. The van der Waals surface area contributed by atoms with Crippen LogP contribution in [0.1, 0.15) is 19.4 Å². The molecule has 3 nitrogen and oxygen atoms in total. The smallest absolute Gasteiger partial charge is 0.229 e. The lowest BCUT2D eigenvalue weighted by molar-refractivity contribution is -0.120. The van der Waals surface area contributed by atoms with E-state index in [4.69, 9.17) is 0 Å². The van der Waals surface area contributed by atoms with Gasteiger partial charge in [-0.2, -0.15) is 0 Å². The summed E-state index contributed by atoms with van der Waals surface area (Å²) in [6, 6.07) is 7.87. The second-order valence-electron chi connectivity index (χ2n) is 4.77. The van der Waals surface area contributed by atoms with Gasteiger partial charge in [0.05, 0.1) is 5.92 Å². The molecule has 2 N–H and O–H groups in total. The maximum Gasteiger partial charge on any atom is 0.229 e. The lowest BCUT2D eigenvalue weighted by atomic mass is 9.95. The minimum absolute atomic E-state index is 0.000474. The summed E-state index contributed by atoms with van der Waals surface area (Å²) in [6.07, 6.45) is 0. The highest BCUT2D eigenvalue weighted by Gasteiger charge is 2.21. The summed E-state index contributed by atoms with van der Waals surface area (Å²) in [5, 5.41) is 6.04. The van der Waals surface area contributed by atoms with Crippen molar-refractivity contribution in [1.29, 1.82) is 0 Å². The Bertz CT molecular complexity index is 374. The van der Waals surface area contributed by atoms with Crippen molar-refractivity contribution in [1.82, 2.24) is 5.32 Å². The van der Waals surface area contributed by atoms with Crippen molar-refractivity contribution in [3.63, 3.8) is 0 Å². The number of hydrogen-bond donors (Lipinski definition) is 2. The molecule has 1 unspecified atom stereocenters. The monoisotopic (exact) mass is 234 g/mol. The molecule has 3 heteroatoms. The Morgan fingerprint density at radius 2 is 2.06 bits per heavy atom. The first-order chi connectivity index (χ1) is 8.04. The molecule has 0 saturated carbocycles. The summed E-state index contributed by atoms with van der Waals surface area (Å²) in [4.78, 5) is 12.1. The van der Waals surface area contributed by atoms with Crippen molar-refractivity contribution < 1.29 is 4.79 Å². The lowest BCUT2D eigenvalue weighted by Gasteiger charge is -2.19. The number of carbonyl (C=O) groups is 1. The van der Waals surface area contributed by atoms with E-state index in [9.17, 15) is 4.79 Å². The number of aryl methyl sites for hydroxylation is 1. The molecule has 1 aromatic carbocycles. The summed E-state index contributed by atoms with van der Waals surface area (Å²) in [5.74, 6) is 0.410. The molecule has 0 bridgehead atoms. The zero-order valence-electron chi connectivity index (χ0n) is 11.1. The van der Waals surface area contributed by atoms with Gasteiger partial charge in [0.25, 0.3) is 0 Å². The van der Waals surface area contributed by atoms with E-state index in [1.54, 1.807) is 0 Å². The molecule has 1 rings (SSSR count). The molecule has 0 radical (unpaired) electrons. The van der Waals surface area contributed by atoms with Gasteiger partial charge in [-0.1, -0.05) is 26.0 Å². The van der Waals surface area contributed by atoms with Crippen molar-refractivity contribution in [3.8, 4) is 0 Å². The van der Waals surface area contributed by atoms with Crippen LogP contribution in [0.4, 0.5) is 5.69 Å². The average Bonchev–Trinajstić information content (AvgIpc) is 2.25. The Balaban J connectivity index is 2.69. The molecule has 0 heterocycles. The van der Waals surface area contributed by atoms with Crippen LogP contribution in [0, 0.1) is 18.8 Å². The summed E-state index contributed by atoms with van der Waals surface area (Å²) < 4.78 is 0. The molecule has 1 atom stereocenters. The van der Waals surface area contributed by atoms with Gasteiger partial charge >= 0.3 is 0 Å². The molecule has 0 spiro atoms. The molecule has 0 saturated heterocycles. The molecule has 1 amide bonds. The van der Waals surface area contributed by atoms with Gasteiger partial charge in [0, 0.05) is 12.2 Å². The van der Waals surface area contributed by atoms with Crippen LogP contribution in [0.25, 0.3) is 0 Å². The molecule has 0 aliphatic rings. The molecule has 94 valence electrons. The number of anilines is 1. The van der Waals surface area contributed by atoms with Crippen LogP contribution < -0.4 is 10.6 Å². The second kappa shape index (κ2) is 6.40. The van der Waals surface area contributed by atoms with Gasteiger partial charge in [0.1, 0.15) is 0 Å². The molecular formula is C14H22N2O. The zero-order chi connectivity index (χ0) is 12.8. The third-order valence-corrected chi connectivity index (χ3v) is 2.85. The maximum atomic E-state index is 12.1. The second-order valence-corrected chi connectivity index (χ2v) is 4.77. The standard InChI is InChI=1S/C14H22N2O/c1-10(2)13(9-15-4)14(17)16-12-7-5-6-11(3)8-12/h5-8,10,13,15H,9H2,1-4H3,(H,16,17). The fourth-order valence-electron chi connectivity index (χ4n) is 1.81. The fourth-order valence-corrected chi connectivity index (χ4v) is 1.81. The number of amides is 1. The predicted molar refractivity (Wildman–Crippen MR) is 72.1 cm³/mol. The van der Waals surface area contributed by atoms with E-state index < -0.39 is 0 Å². The van der Waals surface area contributed by atoms with Gasteiger partial charge in [0.15, 0.2) is 0 Å². The zero-order valence-corrected chi connectivity index (χ0v) is 11.1. The van der Waals surface area contributed by atoms with Gasteiger partial charge < -0.3 is 10.6 Å². The average molecular weight is 234 g/mol. The topological polar surface area (TPSA) is 41.1 Å². The molecule has 17 heavy (non-hydrogen) atoms. The minimum Gasteiger partial charge on any atom is -0.326 e. The predicted octanol–water partition coefficient (Wildman–Crippen LogP) is 2.43. The van der Waals surface area contributed by atoms with Crippen molar-refractivity contribution in [2.24, 2.45) is 11.8 Å². The van der Waals surface area contributed by atoms with E-state index >= 15 is 0 Å². The van der Waals surface area contributed by atoms with E-state index in [1.165, 1.54) is 0 Å². The molecule has 0 fully saturated rings. The quantitative estimate of drug-likeness (QED) is 0.821. The minimum atomic E-state index is 0.000474. The van der Waals surface area contributed by atoms with Crippen molar-refractivity contribution in [3.05, 3.63) is 29.8 Å². The van der Waals surface area contributed by atoms with Crippen LogP contribution in [0.5, 0.6) is 0 Å². The highest BCUT2D eigenvalue weighted by atomic mass is 16.1. The number of hydrogen-bond acceptors (Lipinski definition) is 2. The van der Waals surface area contributed by atoms with E-state index in [1.807, 2.05) is 38.2 Å². The summed E-state index contributed by atoms with van der Waals surface area (Å²) in [6.45, 7) is 6.86. The molecular weight excluding hydrogens is 212 g/mol. The first-order valence-electron chi connectivity index (χ1n) is 6.06. The molecule has 1 aromatic rings. The highest BCUT2D eigenvalue weighted by Crippen LogP contribution is 2.15. The Kier molecular flexibility index (Phi) is 5.16. The van der Waals surface area contributed by atoms with Crippen molar-refractivity contribution in [2.45, 2.75) is 20.8 Å². The normalized spacial score (nSPS) is 12.5. The van der Waals surface area contributed by atoms with E-state index in [2.05, 4.69) is 24.5 Å². The Morgan fingerprint density at radius 1 is 1.35 bits per heavy atom. The third-order valence-electron chi connectivity index (χ3n) is 2.85. The fraction of sp³-hybridized carbons (Fsp3) is 0.500. The van der Waals surface area contributed by atoms with Crippen LogP contribution in [0.3, 0.4) is 0 Å². The van der Waals surface area contributed by atoms with Gasteiger partial charge in [0.2, 0.25) is 5.91 Å². The first kappa shape index (κ1) is 13.7. The largest absolute Gasteiger partial charge is 0.326 e. The Morgan fingerprint density at radius 3 is 2.59 bits per heavy atom. The van der Waals surface area contributed by atoms with Crippen LogP contribution in [-0.2, 0) is 4.79 Å².